The molecule has 2 rings (SSSR count). The van der Waals surface area contributed by atoms with E-state index >= 15 is 0 Å². The summed E-state index contributed by atoms with van der Waals surface area (Å²) in [5, 5.41) is 5.61. The third kappa shape index (κ3) is 3.06. The fourth-order valence-corrected chi connectivity index (χ4v) is 2.87. The fraction of sp³-hybridized carbons (Fsp3) is 0.0909. The zero-order valence-corrected chi connectivity index (χ0v) is 10.6. The van der Waals surface area contributed by atoms with Crippen LogP contribution in [-0.4, -0.2) is 16.8 Å². The molecule has 3 N–H and O–H groups in total. The monoisotopic (exact) mass is 265 g/mol. The predicted octanol–water partition coefficient (Wildman–Crippen LogP) is 2.40. The van der Waals surface area contributed by atoms with E-state index in [2.05, 4.69) is 10.3 Å². The van der Waals surface area contributed by atoms with Crippen LogP contribution in [0.1, 0.15) is 10.4 Å². The van der Waals surface area contributed by atoms with Gasteiger partial charge >= 0.3 is 0 Å². The van der Waals surface area contributed by atoms with Gasteiger partial charge in [-0.2, -0.15) is 0 Å². The minimum absolute atomic E-state index is 0.153. The number of nitrogens with two attached hydrogens (primary N) is 1. The van der Waals surface area contributed by atoms with Gasteiger partial charge in [-0.25, -0.2) is 0 Å². The van der Waals surface area contributed by atoms with Gasteiger partial charge in [0.25, 0.3) is 5.91 Å². The number of anilines is 1. The number of amides is 1. The van der Waals surface area contributed by atoms with Crippen molar-refractivity contribution in [3.63, 3.8) is 0 Å². The average Bonchev–Trinajstić information content (AvgIpc) is 2.78. The number of hydrogen-bond acceptors (Lipinski definition) is 5. The molecule has 2 aromatic rings. The summed E-state index contributed by atoms with van der Waals surface area (Å²) in [7, 11) is 0. The molecule has 0 bridgehead atoms. The van der Waals surface area contributed by atoms with E-state index in [1.54, 1.807) is 24.5 Å². The minimum atomic E-state index is -0.153. The summed E-state index contributed by atoms with van der Waals surface area (Å²) in [6.07, 6.45) is 3.18. The number of pyridine rings is 1. The number of nitrogens with zero attached hydrogens (tertiary/aromatic N) is 1. The molecule has 17 heavy (non-hydrogen) atoms. The van der Waals surface area contributed by atoms with Gasteiger partial charge in [0.2, 0.25) is 0 Å². The zero-order valence-electron chi connectivity index (χ0n) is 8.92. The molecule has 4 nitrogen and oxygen atoms in total. The van der Waals surface area contributed by atoms with Gasteiger partial charge in [-0.15, -0.1) is 23.1 Å². The largest absolute Gasteiger partial charge is 0.322 e. The average molecular weight is 265 g/mol. The van der Waals surface area contributed by atoms with Gasteiger partial charge in [0, 0.05) is 23.2 Å². The maximum atomic E-state index is 11.9. The van der Waals surface area contributed by atoms with Crippen LogP contribution in [0.5, 0.6) is 0 Å². The van der Waals surface area contributed by atoms with Crippen molar-refractivity contribution >= 4 is 34.0 Å². The highest BCUT2D eigenvalue weighted by Crippen LogP contribution is 2.31. The number of hydrogen-bond donors (Lipinski definition) is 2. The molecular weight excluding hydrogens is 254 g/mol. The minimum Gasteiger partial charge on any atom is -0.322 e. The summed E-state index contributed by atoms with van der Waals surface area (Å²) >= 11 is 2.99. The number of thioether (sulfide) groups is 1. The molecule has 0 radical (unpaired) electrons. The van der Waals surface area contributed by atoms with Gasteiger partial charge in [-0.1, -0.05) is 0 Å². The predicted molar refractivity (Wildman–Crippen MR) is 71.4 cm³/mol. The molecule has 0 aliphatic heterocycles. The van der Waals surface area contributed by atoms with E-state index in [0.29, 0.717) is 11.4 Å². The van der Waals surface area contributed by atoms with E-state index < -0.39 is 0 Å². The Morgan fingerprint density at radius 1 is 1.53 bits per heavy atom. The summed E-state index contributed by atoms with van der Waals surface area (Å²) in [5.74, 6) is 0.339. The first-order valence-electron chi connectivity index (χ1n) is 4.93. The summed E-state index contributed by atoms with van der Waals surface area (Å²) < 4.78 is 0. The lowest BCUT2D eigenvalue weighted by atomic mass is 10.3. The summed E-state index contributed by atoms with van der Waals surface area (Å²) in [4.78, 5) is 16.8. The topological polar surface area (TPSA) is 68.0 Å². The maximum absolute atomic E-state index is 11.9. The number of carbonyl (C=O) groups excluding carboxylic acids is 1. The highest BCUT2D eigenvalue weighted by Gasteiger charge is 2.10. The second-order valence-electron chi connectivity index (χ2n) is 3.12. The SMILES string of the molecule is NCSc1ccsc1NC(=O)c1cccnc1. The van der Waals surface area contributed by atoms with Crippen molar-refractivity contribution in [3.05, 3.63) is 41.5 Å². The van der Waals surface area contributed by atoms with Crippen LogP contribution in [0.2, 0.25) is 0 Å². The van der Waals surface area contributed by atoms with Gasteiger partial charge in [0.05, 0.1) is 5.56 Å². The molecule has 0 aromatic carbocycles. The Hall–Kier alpha value is -1.37. The van der Waals surface area contributed by atoms with Crippen molar-refractivity contribution in [2.45, 2.75) is 4.90 Å². The smallest absolute Gasteiger partial charge is 0.257 e. The highest BCUT2D eigenvalue weighted by atomic mass is 32.2. The Bertz CT molecular complexity index is 498. The van der Waals surface area contributed by atoms with E-state index in [9.17, 15) is 4.79 Å². The van der Waals surface area contributed by atoms with Crippen LogP contribution < -0.4 is 11.1 Å². The van der Waals surface area contributed by atoms with Gasteiger partial charge < -0.3 is 11.1 Å². The first-order valence-corrected chi connectivity index (χ1v) is 6.79. The summed E-state index contributed by atoms with van der Waals surface area (Å²) in [6.45, 7) is 0. The molecule has 0 spiro atoms. The van der Waals surface area contributed by atoms with E-state index in [1.165, 1.54) is 23.1 Å². The van der Waals surface area contributed by atoms with Crippen LogP contribution in [-0.2, 0) is 0 Å². The molecule has 0 saturated heterocycles. The van der Waals surface area contributed by atoms with Crippen molar-refractivity contribution in [2.75, 3.05) is 11.2 Å². The summed E-state index contributed by atoms with van der Waals surface area (Å²) in [5.41, 5.74) is 6.02. The molecule has 0 aliphatic rings. The van der Waals surface area contributed by atoms with Crippen molar-refractivity contribution in [3.8, 4) is 0 Å². The molecule has 0 aliphatic carbocycles. The Labute approximate surface area is 107 Å². The lowest BCUT2D eigenvalue weighted by molar-refractivity contribution is 0.102. The number of carbonyl (C=O) groups is 1. The third-order valence-corrected chi connectivity index (χ3v) is 3.80. The van der Waals surface area contributed by atoms with E-state index in [0.717, 1.165) is 9.90 Å². The van der Waals surface area contributed by atoms with Gasteiger partial charge in [-0.05, 0) is 23.6 Å². The zero-order chi connectivity index (χ0) is 12.1. The van der Waals surface area contributed by atoms with Crippen LogP contribution in [0.3, 0.4) is 0 Å². The molecule has 6 heteroatoms. The lowest BCUT2D eigenvalue weighted by Crippen LogP contribution is -2.11. The molecule has 2 heterocycles. The molecule has 0 fully saturated rings. The van der Waals surface area contributed by atoms with Crippen molar-refractivity contribution in [1.29, 1.82) is 0 Å². The Morgan fingerprint density at radius 2 is 2.41 bits per heavy atom. The fourth-order valence-electron chi connectivity index (χ4n) is 1.26. The van der Waals surface area contributed by atoms with E-state index in [-0.39, 0.29) is 5.91 Å². The maximum Gasteiger partial charge on any atom is 0.257 e. The summed E-state index contributed by atoms with van der Waals surface area (Å²) in [6, 6.07) is 5.41. The molecule has 0 atom stereocenters. The van der Waals surface area contributed by atoms with Crippen LogP contribution in [0.4, 0.5) is 5.00 Å². The standard InChI is InChI=1S/C11H11N3OS2/c12-7-17-9-3-5-16-11(9)14-10(15)8-2-1-4-13-6-8/h1-6H,7,12H2,(H,14,15). The second kappa shape index (κ2) is 5.81. The first-order chi connectivity index (χ1) is 8.31. The van der Waals surface area contributed by atoms with Gasteiger partial charge in [0.1, 0.15) is 5.00 Å². The first kappa shape index (κ1) is 12.1. The van der Waals surface area contributed by atoms with E-state index in [4.69, 9.17) is 5.73 Å². The second-order valence-corrected chi connectivity index (χ2v) is 5.10. The Kier molecular flexibility index (Phi) is 4.13. The number of thiophene rings is 1. The van der Waals surface area contributed by atoms with Crippen LogP contribution in [0, 0.1) is 0 Å². The third-order valence-electron chi connectivity index (χ3n) is 2.02. The lowest BCUT2D eigenvalue weighted by Gasteiger charge is -2.04. The number of rotatable bonds is 4. The van der Waals surface area contributed by atoms with Crippen LogP contribution >= 0.6 is 23.1 Å². The highest BCUT2D eigenvalue weighted by molar-refractivity contribution is 7.99. The Balaban J connectivity index is 2.11. The number of aromatic nitrogens is 1. The van der Waals surface area contributed by atoms with Gasteiger partial charge in [0.15, 0.2) is 0 Å². The number of nitrogens with one attached hydrogen (secondary N) is 1. The molecular formula is C11H11N3OS2. The quantitative estimate of drug-likeness (QED) is 0.658. The molecule has 0 unspecified atom stereocenters. The van der Waals surface area contributed by atoms with Crippen LogP contribution in [0.15, 0.2) is 40.9 Å². The molecule has 0 saturated carbocycles. The normalized spacial score (nSPS) is 10.2. The molecule has 88 valence electrons. The van der Waals surface area contributed by atoms with Crippen molar-refractivity contribution in [2.24, 2.45) is 5.73 Å². The molecule has 1 amide bonds. The van der Waals surface area contributed by atoms with Crippen molar-refractivity contribution < 1.29 is 4.79 Å². The molecule has 2 aromatic heterocycles. The van der Waals surface area contributed by atoms with Crippen molar-refractivity contribution in [1.82, 2.24) is 4.98 Å². The van der Waals surface area contributed by atoms with Crippen LogP contribution in [0.25, 0.3) is 0 Å². The van der Waals surface area contributed by atoms with E-state index in [1.807, 2.05) is 11.4 Å². The van der Waals surface area contributed by atoms with Gasteiger partial charge in [-0.3, -0.25) is 9.78 Å². The Morgan fingerprint density at radius 3 is 3.12 bits per heavy atom.